The summed E-state index contributed by atoms with van der Waals surface area (Å²) in [5, 5.41) is 20.8. The summed E-state index contributed by atoms with van der Waals surface area (Å²) >= 11 is 0. The van der Waals surface area contributed by atoms with Crippen LogP contribution in [0.5, 0.6) is 0 Å². The van der Waals surface area contributed by atoms with Crippen LogP contribution < -0.4 is 4.90 Å². The third-order valence-corrected chi connectivity index (χ3v) is 13.1. The van der Waals surface area contributed by atoms with Crippen molar-refractivity contribution in [1.82, 2.24) is 0 Å². The predicted molar refractivity (Wildman–Crippen MR) is 249 cm³/mol. The van der Waals surface area contributed by atoms with E-state index in [0.717, 1.165) is 57.7 Å². The van der Waals surface area contributed by atoms with Gasteiger partial charge in [-0.25, -0.2) is 0 Å². The highest BCUT2D eigenvalue weighted by molar-refractivity contribution is 5.97. The van der Waals surface area contributed by atoms with Crippen molar-refractivity contribution in [2.45, 2.75) is 51.9 Å². The summed E-state index contributed by atoms with van der Waals surface area (Å²) in [6.45, 7) is 8.53. The van der Waals surface area contributed by atoms with Gasteiger partial charge in [0.05, 0.1) is 28.7 Å². The lowest BCUT2D eigenvalue weighted by atomic mass is 9.69. The number of aryl methyl sites for hydroxylation is 5. The molecule has 0 aliphatic heterocycles. The van der Waals surface area contributed by atoms with Crippen molar-refractivity contribution >= 4 is 17.1 Å². The van der Waals surface area contributed by atoms with Gasteiger partial charge in [-0.2, -0.15) is 10.5 Å². The van der Waals surface area contributed by atoms with Crippen LogP contribution in [0, 0.1) is 50.4 Å². The number of hydrogen-bond acceptors (Lipinski definition) is 3. The number of hydrogen-bond donors (Lipinski definition) is 0. The molecule has 0 unspecified atom stereocenters. The Hall–Kier alpha value is -7.46. The molecule has 0 aromatic heterocycles. The number of nitrogens with zero attached hydrogens (tertiary/aromatic N) is 3. The fourth-order valence-electron chi connectivity index (χ4n) is 9.97. The lowest BCUT2D eigenvalue weighted by molar-refractivity contribution is 0.712. The Morgan fingerprint density at radius 2 is 0.803 bits per heavy atom. The number of rotatable bonds is 8. The molecule has 1 spiro atoms. The molecular weight excluding hydrogens is 739 g/mol. The lowest BCUT2D eigenvalue weighted by Crippen LogP contribution is -2.26. The second-order valence-electron chi connectivity index (χ2n) is 17.0. The molecule has 3 heteroatoms. The van der Waals surface area contributed by atoms with Crippen LogP contribution in [0.4, 0.5) is 17.1 Å². The van der Waals surface area contributed by atoms with E-state index in [-0.39, 0.29) is 5.92 Å². The molecule has 0 amide bonds. The molecule has 2 aliphatic carbocycles. The van der Waals surface area contributed by atoms with Crippen LogP contribution in [0.25, 0.3) is 22.3 Å². The smallest absolute Gasteiger partial charge is 0.0991 e. The van der Waals surface area contributed by atoms with Crippen LogP contribution in [0.2, 0.25) is 0 Å². The molecule has 0 fully saturated rings. The highest BCUT2D eigenvalue weighted by atomic mass is 15.1. The van der Waals surface area contributed by atoms with E-state index in [1.807, 2.05) is 12.1 Å². The monoisotopic (exact) mass is 783 g/mol. The highest BCUT2D eigenvalue weighted by Crippen LogP contribution is 2.64. The summed E-state index contributed by atoms with van der Waals surface area (Å²) < 4.78 is 0. The minimum Gasteiger partial charge on any atom is -0.310 e. The summed E-state index contributed by atoms with van der Waals surface area (Å²) in [6.07, 6.45) is 1.82. The fraction of sp³-hybridized carbons (Fsp3) is 0.138. The first kappa shape index (κ1) is 37.8. The standard InChI is InChI=1S/C58H45N3/c1-37-5-17-44(18-6-37)49(45-19-7-38(2)8-20-45)26-13-41-14-27-50-53-30-25-48(61(46-21-9-39(3)10-22-46)47-23-11-40(4)12-24-47)34-57(53)58(54(50)31-41)55-32-42(35-59)15-28-51(55)52-29-16-43(36-60)33-56(52)58/h5-12,14-25,27-34,49H,13,26H2,1-4H3. The molecule has 10 rings (SSSR count). The first-order valence-corrected chi connectivity index (χ1v) is 21.2. The van der Waals surface area contributed by atoms with Gasteiger partial charge in [-0.15, -0.1) is 0 Å². The minimum absolute atomic E-state index is 0.238. The Morgan fingerprint density at radius 1 is 0.426 bits per heavy atom. The zero-order valence-corrected chi connectivity index (χ0v) is 35.0. The maximum Gasteiger partial charge on any atom is 0.0991 e. The van der Waals surface area contributed by atoms with E-state index in [2.05, 4.69) is 202 Å². The zero-order valence-electron chi connectivity index (χ0n) is 35.0. The van der Waals surface area contributed by atoms with Crippen LogP contribution in [0.1, 0.15) is 84.7 Å². The van der Waals surface area contributed by atoms with Gasteiger partial charge in [-0.3, -0.25) is 0 Å². The van der Waals surface area contributed by atoms with Crippen molar-refractivity contribution in [3.63, 3.8) is 0 Å². The Labute approximate surface area is 359 Å². The van der Waals surface area contributed by atoms with E-state index in [4.69, 9.17) is 0 Å². The number of anilines is 3. The molecule has 0 heterocycles. The van der Waals surface area contributed by atoms with Gasteiger partial charge in [0.2, 0.25) is 0 Å². The normalized spacial score (nSPS) is 12.6. The predicted octanol–water partition coefficient (Wildman–Crippen LogP) is 14.2. The van der Waals surface area contributed by atoms with E-state index >= 15 is 0 Å². The number of nitriles is 2. The van der Waals surface area contributed by atoms with Crippen LogP contribution in [-0.2, 0) is 11.8 Å². The van der Waals surface area contributed by atoms with Crippen molar-refractivity contribution in [3.05, 3.63) is 242 Å². The molecular formula is C58H45N3. The average Bonchev–Trinajstić information content (AvgIpc) is 3.74. The number of benzene rings is 8. The fourth-order valence-corrected chi connectivity index (χ4v) is 9.97. The van der Waals surface area contributed by atoms with Crippen molar-refractivity contribution in [1.29, 1.82) is 10.5 Å². The molecule has 8 aromatic carbocycles. The Kier molecular flexibility index (Phi) is 9.28. The molecule has 292 valence electrons. The molecule has 0 atom stereocenters. The van der Waals surface area contributed by atoms with Crippen LogP contribution >= 0.6 is 0 Å². The molecule has 8 aromatic rings. The molecule has 0 bridgehead atoms. The quantitative estimate of drug-likeness (QED) is 0.154. The van der Waals surface area contributed by atoms with Crippen molar-refractivity contribution < 1.29 is 0 Å². The van der Waals surface area contributed by atoms with Crippen molar-refractivity contribution in [3.8, 4) is 34.4 Å². The summed E-state index contributed by atoms with van der Waals surface area (Å²) in [4.78, 5) is 2.34. The Balaban J connectivity index is 1.18. The van der Waals surface area contributed by atoms with E-state index in [9.17, 15) is 10.5 Å². The SMILES string of the molecule is Cc1ccc(C(CCc2ccc3c(c2)C2(c4cc(C#N)ccc4-c4ccc(C#N)cc42)c2cc(N(c4ccc(C)cc4)c4ccc(C)cc4)ccc2-3)c2ccc(C)cc2)cc1. The summed E-state index contributed by atoms with van der Waals surface area (Å²) in [7, 11) is 0. The van der Waals surface area contributed by atoms with Gasteiger partial charge < -0.3 is 4.90 Å². The topological polar surface area (TPSA) is 50.8 Å². The van der Waals surface area contributed by atoms with E-state index < -0.39 is 5.41 Å². The Bertz CT molecular complexity index is 2910. The maximum atomic E-state index is 10.4. The van der Waals surface area contributed by atoms with Crippen molar-refractivity contribution in [2.75, 3.05) is 4.90 Å². The molecule has 2 aliphatic rings. The van der Waals surface area contributed by atoms with Crippen molar-refractivity contribution in [2.24, 2.45) is 0 Å². The zero-order chi connectivity index (χ0) is 41.8. The first-order chi connectivity index (χ1) is 29.7. The maximum absolute atomic E-state index is 10.4. The Morgan fingerprint density at radius 3 is 1.26 bits per heavy atom. The molecule has 0 saturated heterocycles. The molecule has 0 saturated carbocycles. The van der Waals surface area contributed by atoms with Gasteiger partial charge in [-0.05, 0) is 162 Å². The largest absolute Gasteiger partial charge is 0.310 e. The third kappa shape index (κ3) is 6.34. The molecule has 61 heavy (non-hydrogen) atoms. The van der Waals surface area contributed by atoms with E-state index in [0.29, 0.717) is 11.1 Å². The first-order valence-electron chi connectivity index (χ1n) is 21.2. The lowest BCUT2D eigenvalue weighted by Gasteiger charge is -2.32. The van der Waals surface area contributed by atoms with Gasteiger partial charge in [0.25, 0.3) is 0 Å². The van der Waals surface area contributed by atoms with Gasteiger partial charge >= 0.3 is 0 Å². The van der Waals surface area contributed by atoms with Crippen LogP contribution in [0.15, 0.2) is 170 Å². The second-order valence-corrected chi connectivity index (χ2v) is 17.0. The van der Waals surface area contributed by atoms with Gasteiger partial charge in [0, 0.05) is 23.0 Å². The van der Waals surface area contributed by atoms with Gasteiger partial charge in [0.1, 0.15) is 0 Å². The summed E-state index contributed by atoms with van der Waals surface area (Å²) in [5.41, 5.74) is 21.6. The second kappa shape index (κ2) is 15.0. The molecule has 0 radical (unpaired) electrons. The highest BCUT2D eigenvalue weighted by Gasteiger charge is 2.52. The van der Waals surface area contributed by atoms with E-state index in [1.165, 1.54) is 55.6 Å². The minimum atomic E-state index is -0.763. The summed E-state index contributed by atoms with van der Waals surface area (Å²) in [5.74, 6) is 0.238. The third-order valence-electron chi connectivity index (χ3n) is 13.1. The van der Waals surface area contributed by atoms with Crippen LogP contribution in [0.3, 0.4) is 0 Å². The van der Waals surface area contributed by atoms with Gasteiger partial charge in [0.15, 0.2) is 0 Å². The average molecular weight is 784 g/mol. The van der Waals surface area contributed by atoms with E-state index in [1.54, 1.807) is 0 Å². The molecule has 3 nitrogen and oxygen atoms in total. The molecule has 0 N–H and O–H groups in total. The van der Waals surface area contributed by atoms with Gasteiger partial charge in [-0.1, -0.05) is 131 Å². The number of fused-ring (bicyclic) bond motifs is 10. The van der Waals surface area contributed by atoms with Crippen LogP contribution in [-0.4, -0.2) is 0 Å². The summed E-state index contributed by atoms with van der Waals surface area (Å²) in [6, 6.07) is 66.7.